The van der Waals surface area contributed by atoms with Crippen molar-refractivity contribution in [2.24, 2.45) is 5.92 Å². The molecule has 2 atom stereocenters. The first-order valence-corrected chi connectivity index (χ1v) is 6.41. The zero-order chi connectivity index (χ0) is 12.3. The van der Waals surface area contributed by atoms with E-state index in [1.54, 1.807) is 7.11 Å². The van der Waals surface area contributed by atoms with Gasteiger partial charge < -0.3 is 10.1 Å². The summed E-state index contributed by atoms with van der Waals surface area (Å²) >= 11 is 5.97. The van der Waals surface area contributed by atoms with E-state index < -0.39 is 0 Å². The number of aromatic nitrogens is 2. The van der Waals surface area contributed by atoms with Crippen LogP contribution in [-0.4, -0.2) is 23.1 Å². The molecule has 17 heavy (non-hydrogen) atoms. The number of ether oxygens (including phenoxy) is 1. The fourth-order valence-electron chi connectivity index (χ4n) is 2.34. The summed E-state index contributed by atoms with van der Waals surface area (Å²) in [6.07, 6.45) is 6.48. The van der Waals surface area contributed by atoms with Crippen molar-refractivity contribution >= 4 is 17.4 Å². The zero-order valence-corrected chi connectivity index (χ0v) is 11.0. The second kappa shape index (κ2) is 5.54. The van der Waals surface area contributed by atoms with Gasteiger partial charge in [0.15, 0.2) is 16.7 Å². The Morgan fingerprint density at radius 3 is 2.82 bits per heavy atom. The Balaban J connectivity index is 2.14. The quantitative estimate of drug-likeness (QED) is 0.843. The molecule has 1 saturated carbocycles. The van der Waals surface area contributed by atoms with Crippen LogP contribution in [-0.2, 0) is 0 Å². The summed E-state index contributed by atoms with van der Waals surface area (Å²) in [7, 11) is 1.58. The number of anilines is 1. The fraction of sp³-hybridized carbons (Fsp3) is 0.667. The highest BCUT2D eigenvalue weighted by atomic mass is 35.5. The van der Waals surface area contributed by atoms with Crippen LogP contribution in [0.5, 0.6) is 5.75 Å². The minimum atomic E-state index is 0.355. The molecule has 0 aliphatic heterocycles. The molecule has 1 aliphatic carbocycles. The van der Waals surface area contributed by atoms with Crippen LogP contribution in [0.1, 0.15) is 32.6 Å². The molecule has 5 heteroatoms. The number of rotatable bonds is 3. The van der Waals surface area contributed by atoms with Crippen LogP contribution in [0.15, 0.2) is 6.33 Å². The molecule has 2 rings (SSSR count). The molecular formula is C12H18ClN3O. The van der Waals surface area contributed by atoms with Gasteiger partial charge >= 0.3 is 0 Å². The first-order valence-electron chi connectivity index (χ1n) is 6.03. The van der Waals surface area contributed by atoms with Gasteiger partial charge in [0.05, 0.1) is 7.11 Å². The van der Waals surface area contributed by atoms with Gasteiger partial charge in [0, 0.05) is 6.04 Å². The van der Waals surface area contributed by atoms with Gasteiger partial charge in [-0.3, -0.25) is 0 Å². The van der Waals surface area contributed by atoms with Crippen molar-refractivity contribution in [2.45, 2.75) is 38.6 Å². The fourth-order valence-corrected chi connectivity index (χ4v) is 2.55. The van der Waals surface area contributed by atoms with Gasteiger partial charge in [-0.05, 0) is 18.8 Å². The molecule has 94 valence electrons. The maximum absolute atomic E-state index is 5.97. The number of halogens is 1. The molecule has 1 aliphatic rings. The third-order valence-corrected chi connectivity index (χ3v) is 3.67. The van der Waals surface area contributed by atoms with E-state index in [0.717, 1.165) is 0 Å². The normalized spacial score (nSPS) is 24.4. The second-order valence-corrected chi connectivity index (χ2v) is 4.92. The Bertz CT molecular complexity index is 386. The van der Waals surface area contributed by atoms with E-state index in [2.05, 4.69) is 22.2 Å². The molecule has 0 bridgehead atoms. The number of nitrogens with one attached hydrogen (secondary N) is 1. The van der Waals surface area contributed by atoms with E-state index >= 15 is 0 Å². The van der Waals surface area contributed by atoms with E-state index in [0.29, 0.717) is 28.7 Å². The lowest BCUT2D eigenvalue weighted by Crippen LogP contribution is -2.30. The number of methoxy groups -OCH3 is 1. The zero-order valence-electron chi connectivity index (χ0n) is 10.2. The molecule has 0 saturated heterocycles. The smallest absolute Gasteiger partial charge is 0.198 e. The Morgan fingerprint density at radius 1 is 1.35 bits per heavy atom. The van der Waals surface area contributed by atoms with Crippen LogP contribution in [0.2, 0.25) is 5.15 Å². The van der Waals surface area contributed by atoms with Crippen molar-refractivity contribution in [3.05, 3.63) is 11.5 Å². The van der Waals surface area contributed by atoms with E-state index in [1.165, 1.54) is 32.0 Å². The maximum Gasteiger partial charge on any atom is 0.198 e. The molecule has 4 nitrogen and oxygen atoms in total. The van der Waals surface area contributed by atoms with Crippen molar-refractivity contribution in [1.82, 2.24) is 9.97 Å². The first kappa shape index (κ1) is 12.4. The standard InChI is InChI=1S/C12H18ClN3O/c1-8-5-3-4-6-9(8)16-12-10(17-2)11(13)14-7-15-12/h7-9H,3-6H2,1-2H3,(H,14,15,16). The number of hydrogen-bond donors (Lipinski definition) is 1. The van der Waals surface area contributed by atoms with Gasteiger partial charge in [0.25, 0.3) is 0 Å². The SMILES string of the molecule is COc1c(Cl)ncnc1NC1CCCCC1C. The minimum Gasteiger partial charge on any atom is -0.490 e. The van der Waals surface area contributed by atoms with Crippen molar-refractivity contribution in [2.75, 3.05) is 12.4 Å². The van der Waals surface area contributed by atoms with Crippen LogP contribution in [0.4, 0.5) is 5.82 Å². The summed E-state index contributed by atoms with van der Waals surface area (Å²) in [5.41, 5.74) is 0. The summed E-state index contributed by atoms with van der Waals surface area (Å²) in [5, 5.41) is 3.79. The maximum atomic E-state index is 5.97. The monoisotopic (exact) mass is 255 g/mol. The van der Waals surface area contributed by atoms with E-state index in [-0.39, 0.29) is 0 Å². The molecule has 1 heterocycles. The predicted octanol–water partition coefficient (Wildman–Crippen LogP) is 3.13. The third kappa shape index (κ3) is 2.80. The Labute approximate surface area is 107 Å². The molecule has 2 unspecified atom stereocenters. The number of hydrogen-bond acceptors (Lipinski definition) is 4. The summed E-state index contributed by atoms with van der Waals surface area (Å²) in [6, 6.07) is 0.448. The lowest BCUT2D eigenvalue weighted by molar-refractivity contribution is 0.346. The van der Waals surface area contributed by atoms with Crippen molar-refractivity contribution in [3.63, 3.8) is 0 Å². The Hall–Kier alpha value is -1.03. The van der Waals surface area contributed by atoms with Crippen molar-refractivity contribution in [1.29, 1.82) is 0 Å². The molecule has 1 aromatic rings. The van der Waals surface area contributed by atoms with E-state index in [9.17, 15) is 0 Å². The van der Waals surface area contributed by atoms with Crippen molar-refractivity contribution in [3.8, 4) is 5.75 Å². The molecule has 0 radical (unpaired) electrons. The highest BCUT2D eigenvalue weighted by Gasteiger charge is 2.23. The summed E-state index contributed by atoms with van der Waals surface area (Å²) in [6.45, 7) is 2.27. The molecular weight excluding hydrogens is 238 g/mol. The molecule has 1 fully saturated rings. The Kier molecular flexibility index (Phi) is 4.05. The lowest BCUT2D eigenvalue weighted by atomic mass is 9.86. The molecule has 0 spiro atoms. The van der Waals surface area contributed by atoms with Crippen LogP contribution < -0.4 is 10.1 Å². The van der Waals surface area contributed by atoms with E-state index in [1.807, 2.05) is 0 Å². The number of nitrogens with zero attached hydrogens (tertiary/aromatic N) is 2. The summed E-state index contributed by atoms with van der Waals surface area (Å²) < 4.78 is 5.23. The highest BCUT2D eigenvalue weighted by molar-refractivity contribution is 6.31. The van der Waals surface area contributed by atoms with Gasteiger partial charge in [-0.25, -0.2) is 9.97 Å². The average Bonchev–Trinajstić information content (AvgIpc) is 2.32. The molecule has 0 amide bonds. The minimum absolute atomic E-state index is 0.355. The van der Waals surface area contributed by atoms with Gasteiger partial charge in [0.2, 0.25) is 0 Å². The average molecular weight is 256 g/mol. The molecule has 1 aromatic heterocycles. The molecule has 0 aromatic carbocycles. The lowest BCUT2D eigenvalue weighted by Gasteiger charge is -2.30. The van der Waals surface area contributed by atoms with Crippen LogP contribution >= 0.6 is 11.6 Å². The second-order valence-electron chi connectivity index (χ2n) is 4.56. The van der Waals surface area contributed by atoms with Gasteiger partial charge in [-0.15, -0.1) is 0 Å². The first-order chi connectivity index (χ1) is 8.22. The largest absolute Gasteiger partial charge is 0.490 e. The van der Waals surface area contributed by atoms with Crippen LogP contribution in [0.25, 0.3) is 0 Å². The molecule has 1 N–H and O–H groups in total. The van der Waals surface area contributed by atoms with Gasteiger partial charge in [-0.2, -0.15) is 0 Å². The highest BCUT2D eigenvalue weighted by Crippen LogP contribution is 2.32. The van der Waals surface area contributed by atoms with E-state index in [4.69, 9.17) is 16.3 Å². The topological polar surface area (TPSA) is 47.0 Å². The summed E-state index contributed by atoms with van der Waals surface area (Å²) in [4.78, 5) is 8.12. The van der Waals surface area contributed by atoms with Crippen LogP contribution in [0.3, 0.4) is 0 Å². The van der Waals surface area contributed by atoms with Crippen LogP contribution in [0, 0.1) is 5.92 Å². The third-order valence-electron chi connectivity index (χ3n) is 3.40. The van der Waals surface area contributed by atoms with Crippen molar-refractivity contribution < 1.29 is 4.74 Å². The Morgan fingerprint density at radius 2 is 2.12 bits per heavy atom. The van der Waals surface area contributed by atoms with Gasteiger partial charge in [0.1, 0.15) is 6.33 Å². The summed E-state index contributed by atoms with van der Waals surface area (Å²) in [5.74, 6) is 1.89. The van der Waals surface area contributed by atoms with Gasteiger partial charge in [-0.1, -0.05) is 31.4 Å². The predicted molar refractivity (Wildman–Crippen MR) is 68.6 cm³/mol.